The predicted molar refractivity (Wildman–Crippen MR) is 84.7 cm³/mol. The molecule has 0 aliphatic carbocycles. The third-order valence-corrected chi connectivity index (χ3v) is 4.28. The second kappa shape index (κ2) is 6.47. The molecule has 1 saturated heterocycles. The Morgan fingerprint density at radius 1 is 1.24 bits per heavy atom. The van der Waals surface area contributed by atoms with Crippen LogP contribution in [0.4, 0.5) is 10.5 Å². The molecule has 0 bridgehead atoms. The molecule has 0 radical (unpaired) electrons. The van der Waals surface area contributed by atoms with Crippen molar-refractivity contribution < 1.29 is 14.7 Å². The Bertz CT molecular complexity index is 552. The first kappa shape index (κ1) is 15.8. The van der Waals surface area contributed by atoms with Gasteiger partial charge in [0, 0.05) is 22.2 Å². The number of benzene rings is 1. The summed E-state index contributed by atoms with van der Waals surface area (Å²) in [6.07, 6.45) is 3.12. The fraction of sp³-hybridized carbons (Fsp3) is 0.467. The summed E-state index contributed by atoms with van der Waals surface area (Å²) in [5.74, 6) is -1.02. The Kier molecular flexibility index (Phi) is 4.88. The molecule has 2 rings (SSSR count). The maximum atomic E-state index is 12.4. The van der Waals surface area contributed by atoms with Crippen molar-refractivity contribution in [2.45, 2.75) is 45.2 Å². The van der Waals surface area contributed by atoms with Crippen LogP contribution in [0.15, 0.2) is 22.7 Å². The number of hydrogen-bond acceptors (Lipinski definition) is 2. The number of nitrogens with zero attached hydrogens (tertiary/aromatic N) is 1. The number of halogens is 1. The SMILES string of the molecule is CC1CCCC(C)N1C(=O)Nc1cc(Br)cc(C(=O)O)c1. The number of urea groups is 1. The van der Waals surface area contributed by atoms with E-state index in [-0.39, 0.29) is 23.7 Å². The number of likely N-dealkylation sites (tertiary alicyclic amines) is 1. The van der Waals surface area contributed by atoms with Crippen LogP contribution in [0.25, 0.3) is 0 Å². The van der Waals surface area contributed by atoms with Gasteiger partial charge >= 0.3 is 12.0 Å². The van der Waals surface area contributed by atoms with Gasteiger partial charge in [0.2, 0.25) is 0 Å². The Morgan fingerprint density at radius 2 is 1.86 bits per heavy atom. The number of carboxylic acids is 1. The number of carbonyl (C=O) groups excluding carboxylic acids is 1. The van der Waals surface area contributed by atoms with Crippen LogP contribution < -0.4 is 5.32 Å². The summed E-state index contributed by atoms with van der Waals surface area (Å²) in [6.45, 7) is 4.08. The molecule has 0 aromatic heterocycles. The van der Waals surface area contributed by atoms with Gasteiger partial charge in [-0.15, -0.1) is 0 Å². The number of anilines is 1. The topological polar surface area (TPSA) is 69.6 Å². The van der Waals surface area contributed by atoms with Gasteiger partial charge in [0.1, 0.15) is 0 Å². The molecule has 1 heterocycles. The highest BCUT2D eigenvalue weighted by Crippen LogP contribution is 2.25. The van der Waals surface area contributed by atoms with Gasteiger partial charge in [0.15, 0.2) is 0 Å². The smallest absolute Gasteiger partial charge is 0.335 e. The van der Waals surface area contributed by atoms with Crippen LogP contribution in [-0.2, 0) is 0 Å². The van der Waals surface area contributed by atoms with Crippen LogP contribution >= 0.6 is 15.9 Å². The molecule has 114 valence electrons. The average Bonchev–Trinajstić information content (AvgIpc) is 2.37. The van der Waals surface area contributed by atoms with Crippen LogP contribution in [0, 0.1) is 0 Å². The summed E-state index contributed by atoms with van der Waals surface area (Å²) in [5.41, 5.74) is 0.621. The van der Waals surface area contributed by atoms with E-state index in [1.54, 1.807) is 6.07 Å². The second-order valence-electron chi connectivity index (χ2n) is 5.50. The lowest BCUT2D eigenvalue weighted by Gasteiger charge is -2.38. The van der Waals surface area contributed by atoms with Crippen molar-refractivity contribution in [1.82, 2.24) is 4.90 Å². The second-order valence-corrected chi connectivity index (χ2v) is 6.42. The average molecular weight is 355 g/mol. The third kappa shape index (κ3) is 3.75. The summed E-state index contributed by atoms with van der Waals surface area (Å²) in [7, 11) is 0. The first-order valence-corrected chi connectivity index (χ1v) is 7.81. The Hall–Kier alpha value is -1.56. The number of carboxylic acid groups (broad SMARTS) is 1. The fourth-order valence-electron chi connectivity index (χ4n) is 2.79. The van der Waals surface area contributed by atoms with Gasteiger partial charge < -0.3 is 15.3 Å². The van der Waals surface area contributed by atoms with Crippen molar-refractivity contribution >= 4 is 33.6 Å². The van der Waals surface area contributed by atoms with Gasteiger partial charge in [-0.05, 0) is 51.3 Å². The number of hydrogen-bond donors (Lipinski definition) is 2. The molecule has 1 fully saturated rings. The normalized spacial score (nSPS) is 22.0. The molecule has 5 nitrogen and oxygen atoms in total. The molecule has 1 aromatic carbocycles. The Labute approximate surface area is 132 Å². The van der Waals surface area contributed by atoms with E-state index < -0.39 is 5.97 Å². The molecule has 0 spiro atoms. The van der Waals surface area contributed by atoms with E-state index in [0.717, 1.165) is 19.3 Å². The zero-order valence-electron chi connectivity index (χ0n) is 12.1. The highest BCUT2D eigenvalue weighted by molar-refractivity contribution is 9.10. The Balaban J connectivity index is 2.17. The van der Waals surface area contributed by atoms with Crippen LogP contribution in [0.5, 0.6) is 0 Å². The van der Waals surface area contributed by atoms with E-state index >= 15 is 0 Å². The minimum Gasteiger partial charge on any atom is -0.478 e. The number of amides is 2. The van der Waals surface area contributed by atoms with E-state index in [1.165, 1.54) is 12.1 Å². The predicted octanol–water partition coefficient (Wildman–Crippen LogP) is 3.94. The summed E-state index contributed by atoms with van der Waals surface area (Å²) >= 11 is 3.26. The maximum absolute atomic E-state index is 12.4. The van der Waals surface area contributed by atoms with Crippen LogP contribution in [0.3, 0.4) is 0 Å². The van der Waals surface area contributed by atoms with E-state index in [4.69, 9.17) is 5.11 Å². The van der Waals surface area contributed by atoms with Crippen molar-refractivity contribution in [3.05, 3.63) is 28.2 Å². The maximum Gasteiger partial charge on any atom is 0.335 e. The quantitative estimate of drug-likeness (QED) is 0.844. The van der Waals surface area contributed by atoms with Crippen LogP contribution in [0.2, 0.25) is 0 Å². The molecule has 0 saturated carbocycles. The summed E-state index contributed by atoms with van der Waals surface area (Å²) in [6, 6.07) is 4.88. The van der Waals surface area contributed by atoms with Crippen LogP contribution in [-0.4, -0.2) is 34.1 Å². The molecule has 2 atom stereocenters. The van der Waals surface area contributed by atoms with E-state index in [9.17, 15) is 9.59 Å². The van der Waals surface area contributed by atoms with Crippen molar-refractivity contribution in [2.75, 3.05) is 5.32 Å². The summed E-state index contributed by atoms with van der Waals surface area (Å²) in [5, 5.41) is 11.9. The minimum atomic E-state index is -1.02. The van der Waals surface area contributed by atoms with E-state index in [1.807, 2.05) is 18.7 Å². The first-order valence-electron chi connectivity index (χ1n) is 7.01. The van der Waals surface area contributed by atoms with E-state index in [2.05, 4.69) is 21.2 Å². The number of nitrogens with one attached hydrogen (secondary N) is 1. The van der Waals surface area contributed by atoms with Crippen molar-refractivity contribution in [2.24, 2.45) is 0 Å². The number of piperidine rings is 1. The monoisotopic (exact) mass is 354 g/mol. The molecule has 1 aliphatic heterocycles. The van der Waals surface area contributed by atoms with Gasteiger partial charge in [0.05, 0.1) is 5.56 Å². The highest BCUT2D eigenvalue weighted by Gasteiger charge is 2.29. The third-order valence-electron chi connectivity index (χ3n) is 3.82. The minimum absolute atomic E-state index is 0.138. The van der Waals surface area contributed by atoms with Gasteiger partial charge in [-0.1, -0.05) is 15.9 Å². The molecule has 6 heteroatoms. The van der Waals surface area contributed by atoms with Gasteiger partial charge in [0.25, 0.3) is 0 Å². The fourth-order valence-corrected chi connectivity index (χ4v) is 3.29. The van der Waals surface area contributed by atoms with Gasteiger partial charge in [-0.3, -0.25) is 0 Å². The highest BCUT2D eigenvalue weighted by atomic mass is 79.9. The number of rotatable bonds is 2. The molecule has 21 heavy (non-hydrogen) atoms. The first-order chi connectivity index (χ1) is 9.88. The van der Waals surface area contributed by atoms with Gasteiger partial charge in [-0.2, -0.15) is 0 Å². The zero-order chi connectivity index (χ0) is 15.6. The molecular formula is C15H19BrN2O3. The zero-order valence-corrected chi connectivity index (χ0v) is 13.7. The standard InChI is InChI=1S/C15H19BrN2O3/c1-9-4-3-5-10(2)18(9)15(21)17-13-7-11(14(19)20)6-12(16)8-13/h6-10H,3-5H2,1-2H3,(H,17,21)(H,19,20). The Morgan fingerprint density at radius 3 is 2.43 bits per heavy atom. The molecule has 2 amide bonds. The molecule has 2 unspecified atom stereocenters. The van der Waals surface area contributed by atoms with Crippen LogP contribution in [0.1, 0.15) is 43.5 Å². The largest absolute Gasteiger partial charge is 0.478 e. The lowest BCUT2D eigenvalue weighted by Crippen LogP contribution is -2.49. The number of aromatic carboxylic acids is 1. The van der Waals surface area contributed by atoms with Gasteiger partial charge in [-0.25, -0.2) is 9.59 Å². The molecule has 1 aliphatic rings. The lowest BCUT2D eigenvalue weighted by molar-refractivity contribution is 0.0696. The summed E-state index contributed by atoms with van der Waals surface area (Å²) in [4.78, 5) is 25.3. The van der Waals surface area contributed by atoms with Crippen molar-refractivity contribution in [3.8, 4) is 0 Å². The lowest BCUT2D eigenvalue weighted by atomic mass is 9.98. The molecule has 2 N–H and O–H groups in total. The summed E-state index contributed by atoms with van der Waals surface area (Å²) < 4.78 is 0.623. The van der Waals surface area contributed by atoms with E-state index in [0.29, 0.717) is 10.2 Å². The number of carbonyl (C=O) groups is 2. The van der Waals surface area contributed by atoms with Crippen molar-refractivity contribution in [3.63, 3.8) is 0 Å². The van der Waals surface area contributed by atoms with Crippen molar-refractivity contribution in [1.29, 1.82) is 0 Å². The molecule has 1 aromatic rings. The molecular weight excluding hydrogens is 336 g/mol.